The number of amides is 2. The molecule has 6 nitrogen and oxygen atoms in total. The standard InChI is InChI=1S/C20H27N3O3/c24-19-6-3-8-23(19)18-5-2-1-4-17(18)20(25)22-11-9-21(10-12-22)14-16-7-13-26-15-16/h1-2,4-5,16H,3,6-15H2. The zero-order chi connectivity index (χ0) is 17.9. The van der Waals surface area contributed by atoms with Gasteiger partial charge in [0.25, 0.3) is 5.91 Å². The number of hydrogen-bond donors (Lipinski definition) is 0. The molecule has 0 aliphatic carbocycles. The Labute approximate surface area is 154 Å². The van der Waals surface area contributed by atoms with E-state index < -0.39 is 0 Å². The highest BCUT2D eigenvalue weighted by molar-refractivity contribution is 6.05. The molecule has 1 aromatic carbocycles. The molecule has 6 heteroatoms. The Kier molecular flexibility index (Phi) is 5.22. The first kappa shape index (κ1) is 17.5. The van der Waals surface area contributed by atoms with Gasteiger partial charge in [0.05, 0.1) is 17.9 Å². The molecular weight excluding hydrogens is 330 g/mol. The summed E-state index contributed by atoms with van der Waals surface area (Å²) < 4.78 is 5.46. The second-order valence-electron chi connectivity index (χ2n) is 7.49. The summed E-state index contributed by atoms with van der Waals surface area (Å²) in [6.07, 6.45) is 2.59. The molecule has 3 fully saturated rings. The van der Waals surface area contributed by atoms with Gasteiger partial charge in [0, 0.05) is 52.3 Å². The number of carbonyl (C=O) groups is 2. The summed E-state index contributed by atoms with van der Waals surface area (Å²) in [6, 6.07) is 7.53. The molecule has 2 amide bonds. The van der Waals surface area contributed by atoms with Crippen molar-refractivity contribution in [2.75, 3.05) is 57.4 Å². The molecule has 0 spiro atoms. The lowest BCUT2D eigenvalue weighted by Crippen LogP contribution is -2.50. The van der Waals surface area contributed by atoms with Crippen LogP contribution in [0.25, 0.3) is 0 Å². The van der Waals surface area contributed by atoms with Gasteiger partial charge in [-0.1, -0.05) is 12.1 Å². The lowest BCUT2D eigenvalue weighted by atomic mass is 10.1. The fourth-order valence-electron chi connectivity index (χ4n) is 4.19. The Morgan fingerprint density at radius 2 is 1.92 bits per heavy atom. The van der Waals surface area contributed by atoms with Gasteiger partial charge in [-0.2, -0.15) is 0 Å². The van der Waals surface area contributed by atoms with Gasteiger partial charge in [-0.05, 0) is 30.9 Å². The zero-order valence-corrected chi connectivity index (χ0v) is 15.2. The Hall–Kier alpha value is -1.92. The number of para-hydroxylation sites is 1. The number of rotatable bonds is 4. The Bertz CT molecular complexity index is 664. The SMILES string of the molecule is O=C(c1ccccc1N1CCCC1=O)N1CCN(CC2CCOC2)CC1. The van der Waals surface area contributed by atoms with Crippen LogP contribution in [0.1, 0.15) is 29.6 Å². The summed E-state index contributed by atoms with van der Waals surface area (Å²) in [5.41, 5.74) is 1.42. The van der Waals surface area contributed by atoms with E-state index in [0.717, 1.165) is 64.5 Å². The van der Waals surface area contributed by atoms with Crippen molar-refractivity contribution in [1.82, 2.24) is 9.80 Å². The van der Waals surface area contributed by atoms with Crippen molar-refractivity contribution in [3.05, 3.63) is 29.8 Å². The molecule has 1 aromatic rings. The summed E-state index contributed by atoms with van der Waals surface area (Å²) in [5.74, 6) is 0.803. The molecule has 0 bridgehead atoms. The normalized spacial score (nSPS) is 24.5. The van der Waals surface area contributed by atoms with Crippen molar-refractivity contribution in [3.63, 3.8) is 0 Å². The smallest absolute Gasteiger partial charge is 0.256 e. The highest BCUT2D eigenvalue weighted by atomic mass is 16.5. The predicted octanol–water partition coefficient (Wildman–Crippen LogP) is 1.61. The summed E-state index contributed by atoms with van der Waals surface area (Å²) in [7, 11) is 0. The van der Waals surface area contributed by atoms with Crippen molar-refractivity contribution >= 4 is 17.5 Å². The maximum atomic E-state index is 13.1. The van der Waals surface area contributed by atoms with E-state index in [1.54, 1.807) is 4.90 Å². The van der Waals surface area contributed by atoms with E-state index in [2.05, 4.69) is 4.90 Å². The minimum absolute atomic E-state index is 0.0455. The average Bonchev–Trinajstić information content (AvgIpc) is 3.33. The second-order valence-corrected chi connectivity index (χ2v) is 7.49. The molecule has 4 rings (SSSR count). The van der Waals surface area contributed by atoms with Crippen molar-refractivity contribution in [2.24, 2.45) is 5.92 Å². The molecule has 3 aliphatic heterocycles. The van der Waals surface area contributed by atoms with Gasteiger partial charge in [-0.25, -0.2) is 0 Å². The van der Waals surface area contributed by atoms with E-state index in [0.29, 0.717) is 24.4 Å². The van der Waals surface area contributed by atoms with Crippen molar-refractivity contribution in [1.29, 1.82) is 0 Å². The first-order chi connectivity index (χ1) is 12.7. The van der Waals surface area contributed by atoms with Crippen molar-refractivity contribution < 1.29 is 14.3 Å². The Balaban J connectivity index is 1.40. The zero-order valence-electron chi connectivity index (χ0n) is 15.2. The van der Waals surface area contributed by atoms with Gasteiger partial charge in [-0.3, -0.25) is 14.5 Å². The van der Waals surface area contributed by atoms with Gasteiger partial charge in [0.2, 0.25) is 5.91 Å². The van der Waals surface area contributed by atoms with Crippen LogP contribution < -0.4 is 4.90 Å². The maximum absolute atomic E-state index is 13.1. The second kappa shape index (κ2) is 7.76. The Morgan fingerprint density at radius 1 is 1.12 bits per heavy atom. The van der Waals surface area contributed by atoms with Crippen LogP contribution in [0.3, 0.4) is 0 Å². The van der Waals surface area contributed by atoms with E-state index in [4.69, 9.17) is 4.74 Å². The number of ether oxygens (including phenoxy) is 1. The molecule has 26 heavy (non-hydrogen) atoms. The monoisotopic (exact) mass is 357 g/mol. The third-order valence-electron chi connectivity index (χ3n) is 5.70. The molecule has 140 valence electrons. The first-order valence-electron chi connectivity index (χ1n) is 9.71. The van der Waals surface area contributed by atoms with Crippen LogP contribution in [0.5, 0.6) is 0 Å². The number of hydrogen-bond acceptors (Lipinski definition) is 4. The van der Waals surface area contributed by atoms with Gasteiger partial charge >= 0.3 is 0 Å². The molecule has 0 radical (unpaired) electrons. The average molecular weight is 357 g/mol. The highest BCUT2D eigenvalue weighted by Crippen LogP contribution is 2.27. The molecule has 1 unspecified atom stereocenters. The molecule has 0 saturated carbocycles. The molecule has 3 aliphatic rings. The molecule has 0 aromatic heterocycles. The van der Waals surface area contributed by atoms with E-state index in [1.807, 2.05) is 29.2 Å². The minimum Gasteiger partial charge on any atom is -0.381 e. The predicted molar refractivity (Wildman–Crippen MR) is 99.3 cm³/mol. The van der Waals surface area contributed by atoms with Crippen LogP contribution in [0.15, 0.2) is 24.3 Å². The molecule has 3 saturated heterocycles. The molecular formula is C20H27N3O3. The minimum atomic E-state index is 0.0455. The van der Waals surface area contributed by atoms with Crippen LogP contribution in [0, 0.1) is 5.92 Å². The van der Waals surface area contributed by atoms with E-state index in [-0.39, 0.29) is 11.8 Å². The maximum Gasteiger partial charge on any atom is 0.256 e. The van der Waals surface area contributed by atoms with E-state index in [1.165, 1.54) is 0 Å². The number of anilines is 1. The summed E-state index contributed by atoms with van der Waals surface area (Å²) in [5, 5.41) is 0. The third-order valence-corrected chi connectivity index (χ3v) is 5.70. The van der Waals surface area contributed by atoms with Crippen LogP contribution >= 0.6 is 0 Å². The Morgan fingerprint density at radius 3 is 2.62 bits per heavy atom. The highest BCUT2D eigenvalue weighted by Gasteiger charge is 2.29. The number of piperazine rings is 1. The van der Waals surface area contributed by atoms with Crippen molar-refractivity contribution in [3.8, 4) is 0 Å². The van der Waals surface area contributed by atoms with Gasteiger partial charge in [0.15, 0.2) is 0 Å². The number of carbonyl (C=O) groups excluding carboxylic acids is 2. The van der Waals surface area contributed by atoms with E-state index >= 15 is 0 Å². The molecule has 1 atom stereocenters. The summed E-state index contributed by atoms with van der Waals surface area (Å²) in [4.78, 5) is 31.3. The quantitative estimate of drug-likeness (QED) is 0.822. The van der Waals surface area contributed by atoms with Crippen LogP contribution in [-0.4, -0.2) is 74.1 Å². The lowest BCUT2D eigenvalue weighted by Gasteiger charge is -2.36. The van der Waals surface area contributed by atoms with E-state index in [9.17, 15) is 9.59 Å². The summed E-state index contributed by atoms with van der Waals surface area (Å²) >= 11 is 0. The molecule has 3 heterocycles. The van der Waals surface area contributed by atoms with Gasteiger partial charge in [-0.15, -0.1) is 0 Å². The van der Waals surface area contributed by atoms with Crippen LogP contribution in [0.2, 0.25) is 0 Å². The first-order valence-corrected chi connectivity index (χ1v) is 9.71. The van der Waals surface area contributed by atoms with Crippen LogP contribution in [-0.2, 0) is 9.53 Å². The fourth-order valence-corrected chi connectivity index (χ4v) is 4.19. The molecule has 0 N–H and O–H groups in total. The number of benzene rings is 1. The van der Waals surface area contributed by atoms with Gasteiger partial charge in [0.1, 0.15) is 0 Å². The fraction of sp³-hybridized carbons (Fsp3) is 0.600. The number of nitrogens with zero attached hydrogens (tertiary/aromatic N) is 3. The van der Waals surface area contributed by atoms with Crippen molar-refractivity contribution in [2.45, 2.75) is 19.3 Å². The summed E-state index contributed by atoms with van der Waals surface area (Å²) in [6.45, 7) is 6.84. The largest absolute Gasteiger partial charge is 0.381 e. The lowest BCUT2D eigenvalue weighted by molar-refractivity contribution is -0.117. The van der Waals surface area contributed by atoms with Gasteiger partial charge < -0.3 is 14.5 Å². The topological polar surface area (TPSA) is 53.1 Å². The van der Waals surface area contributed by atoms with Crippen LogP contribution in [0.4, 0.5) is 5.69 Å². The third kappa shape index (κ3) is 3.62.